The number of anilines is 1. The Morgan fingerprint density at radius 1 is 0.897 bits per heavy atom. The number of unbranched alkanes of at least 4 members (excludes halogenated alkanes) is 1. The van der Waals surface area contributed by atoms with Crippen LogP contribution >= 0.6 is 0 Å². The molecule has 29 heavy (non-hydrogen) atoms. The Hall–Kier alpha value is -2.14. The van der Waals surface area contributed by atoms with Crippen LogP contribution < -0.4 is 4.90 Å². The lowest BCUT2D eigenvalue weighted by atomic mass is 9.85. The van der Waals surface area contributed by atoms with Gasteiger partial charge in [-0.1, -0.05) is 24.3 Å². The van der Waals surface area contributed by atoms with Gasteiger partial charge in [0, 0.05) is 38.4 Å². The highest BCUT2D eigenvalue weighted by Crippen LogP contribution is 2.52. The molecule has 5 nitrogen and oxygen atoms in total. The summed E-state index contributed by atoms with van der Waals surface area (Å²) in [4.78, 5) is 32.0. The minimum absolute atomic E-state index is 0.0489. The number of rotatable bonds is 6. The van der Waals surface area contributed by atoms with Crippen molar-refractivity contribution in [1.82, 2.24) is 9.80 Å². The molecular weight excluding hydrogens is 362 g/mol. The summed E-state index contributed by atoms with van der Waals surface area (Å²) in [6, 6.07) is 8.73. The van der Waals surface area contributed by atoms with Gasteiger partial charge in [0.2, 0.25) is 11.8 Å². The molecule has 154 valence electrons. The second-order valence-electron chi connectivity index (χ2n) is 9.20. The number of aryl methyl sites for hydroxylation is 1. The molecule has 2 bridgehead atoms. The van der Waals surface area contributed by atoms with E-state index in [1.165, 1.54) is 11.3 Å². The Kier molecular flexibility index (Phi) is 4.94. The first-order valence-corrected chi connectivity index (χ1v) is 11.2. The topological polar surface area (TPSA) is 43.9 Å². The zero-order valence-corrected chi connectivity index (χ0v) is 17.3. The molecule has 5 heteroatoms. The van der Waals surface area contributed by atoms with Crippen molar-refractivity contribution in [3.8, 4) is 0 Å². The number of nitrogens with zero attached hydrogens (tertiary/aromatic N) is 3. The number of piperazine rings is 1. The van der Waals surface area contributed by atoms with Crippen molar-refractivity contribution in [2.24, 2.45) is 23.7 Å². The van der Waals surface area contributed by atoms with Crippen molar-refractivity contribution in [3.05, 3.63) is 42.0 Å². The van der Waals surface area contributed by atoms with Crippen LogP contribution in [0.1, 0.15) is 24.8 Å². The first-order chi connectivity index (χ1) is 14.1. The molecule has 2 amide bonds. The second kappa shape index (κ2) is 7.60. The van der Waals surface area contributed by atoms with Gasteiger partial charge in [0.25, 0.3) is 0 Å². The van der Waals surface area contributed by atoms with Crippen LogP contribution in [0.2, 0.25) is 0 Å². The SMILES string of the molecule is Cc1cccc(N2CCN(CCCCN3C(=O)[C@@H]4[C@H](C3=O)[C@@H]3C=C[C@H]4C3)CC2)c1. The van der Waals surface area contributed by atoms with E-state index in [9.17, 15) is 9.59 Å². The van der Waals surface area contributed by atoms with Gasteiger partial charge in [-0.25, -0.2) is 0 Å². The summed E-state index contributed by atoms with van der Waals surface area (Å²) in [7, 11) is 0. The Morgan fingerprint density at radius 2 is 1.55 bits per heavy atom. The number of allylic oxidation sites excluding steroid dienone is 2. The number of hydrogen-bond acceptors (Lipinski definition) is 4. The van der Waals surface area contributed by atoms with Crippen molar-refractivity contribution in [1.29, 1.82) is 0 Å². The molecule has 0 unspecified atom stereocenters. The third-order valence-corrected chi connectivity index (χ3v) is 7.41. The molecule has 3 fully saturated rings. The molecule has 0 N–H and O–H groups in total. The molecule has 2 saturated heterocycles. The fourth-order valence-corrected chi connectivity index (χ4v) is 5.84. The van der Waals surface area contributed by atoms with E-state index in [4.69, 9.17) is 0 Å². The molecule has 2 heterocycles. The zero-order valence-electron chi connectivity index (χ0n) is 17.3. The van der Waals surface area contributed by atoms with Crippen LogP contribution in [0.15, 0.2) is 36.4 Å². The van der Waals surface area contributed by atoms with Crippen LogP contribution in [-0.2, 0) is 9.59 Å². The minimum Gasteiger partial charge on any atom is -0.369 e. The van der Waals surface area contributed by atoms with Crippen LogP contribution in [0.25, 0.3) is 0 Å². The van der Waals surface area contributed by atoms with E-state index in [1.54, 1.807) is 4.90 Å². The molecule has 1 saturated carbocycles. The van der Waals surface area contributed by atoms with Crippen molar-refractivity contribution in [3.63, 3.8) is 0 Å². The van der Waals surface area contributed by atoms with Crippen molar-refractivity contribution in [2.45, 2.75) is 26.2 Å². The number of carbonyl (C=O) groups excluding carboxylic acids is 2. The van der Waals surface area contributed by atoms with Gasteiger partial charge in [0.1, 0.15) is 0 Å². The van der Waals surface area contributed by atoms with Gasteiger partial charge in [-0.15, -0.1) is 0 Å². The van der Waals surface area contributed by atoms with Gasteiger partial charge in [-0.05, 0) is 62.3 Å². The van der Waals surface area contributed by atoms with Crippen molar-refractivity contribution in [2.75, 3.05) is 44.2 Å². The lowest BCUT2D eigenvalue weighted by Crippen LogP contribution is -2.46. The Balaban J connectivity index is 1.05. The molecular formula is C24H31N3O2. The molecule has 2 aliphatic carbocycles. The maximum absolute atomic E-state index is 12.7. The number of amides is 2. The fraction of sp³-hybridized carbons (Fsp3) is 0.583. The molecule has 4 aliphatic rings. The van der Waals surface area contributed by atoms with E-state index >= 15 is 0 Å². The first-order valence-electron chi connectivity index (χ1n) is 11.2. The Labute approximate surface area is 173 Å². The fourth-order valence-electron chi connectivity index (χ4n) is 5.84. The van der Waals surface area contributed by atoms with Gasteiger partial charge in [0.15, 0.2) is 0 Å². The molecule has 0 spiro atoms. The summed E-state index contributed by atoms with van der Waals surface area (Å²) in [5.74, 6) is 0.735. The maximum atomic E-state index is 12.7. The Morgan fingerprint density at radius 3 is 2.21 bits per heavy atom. The summed E-state index contributed by atoms with van der Waals surface area (Å²) < 4.78 is 0. The molecule has 4 atom stereocenters. The third-order valence-electron chi connectivity index (χ3n) is 7.41. The van der Waals surface area contributed by atoms with Crippen LogP contribution in [0.3, 0.4) is 0 Å². The van der Waals surface area contributed by atoms with Gasteiger partial charge in [-0.3, -0.25) is 19.4 Å². The number of imide groups is 1. The monoisotopic (exact) mass is 393 g/mol. The minimum atomic E-state index is -0.0489. The van der Waals surface area contributed by atoms with Crippen LogP contribution in [0.4, 0.5) is 5.69 Å². The van der Waals surface area contributed by atoms with E-state index < -0.39 is 0 Å². The highest BCUT2D eigenvalue weighted by molar-refractivity contribution is 6.06. The van der Waals surface area contributed by atoms with Gasteiger partial charge in [0.05, 0.1) is 11.8 Å². The average molecular weight is 394 g/mol. The van der Waals surface area contributed by atoms with Gasteiger partial charge >= 0.3 is 0 Å². The van der Waals surface area contributed by atoms with Gasteiger partial charge in [-0.2, -0.15) is 0 Å². The molecule has 1 aromatic carbocycles. The van der Waals surface area contributed by atoms with E-state index in [-0.39, 0.29) is 23.7 Å². The predicted octanol–water partition coefficient (Wildman–Crippen LogP) is 2.70. The number of carbonyl (C=O) groups is 2. The summed E-state index contributed by atoms with van der Waals surface area (Å²) in [6.07, 6.45) is 7.29. The van der Waals surface area contributed by atoms with Crippen LogP contribution in [0, 0.1) is 30.6 Å². The van der Waals surface area contributed by atoms with Crippen LogP contribution in [0.5, 0.6) is 0 Å². The number of fused-ring (bicyclic) bond motifs is 5. The standard InChI is InChI=1S/C24H31N3O2/c1-17-5-4-6-20(15-17)26-13-11-25(12-14-26)9-2-3-10-27-23(28)21-18-7-8-19(16-18)22(21)24(27)29/h4-8,15,18-19,21-22H,2-3,9-14,16H2,1H3/t18-,19+,21-,22+. The molecule has 0 aromatic heterocycles. The van der Waals surface area contributed by atoms with E-state index in [2.05, 4.69) is 53.1 Å². The summed E-state index contributed by atoms with van der Waals surface area (Å²) >= 11 is 0. The van der Waals surface area contributed by atoms with Crippen LogP contribution in [-0.4, -0.2) is 60.9 Å². The lowest BCUT2D eigenvalue weighted by molar-refractivity contribution is -0.140. The molecule has 1 aromatic rings. The third kappa shape index (κ3) is 3.39. The predicted molar refractivity (Wildman–Crippen MR) is 114 cm³/mol. The lowest BCUT2D eigenvalue weighted by Gasteiger charge is -2.36. The largest absolute Gasteiger partial charge is 0.369 e. The first kappa shape index (κ1) is 18.9. The highest BCUT2D eigenvalue weighted by Gasteiger charge is 2.58. The van der Waals surface area contributed by atoms with Gasteiger partial charge < -0.3 is 4.90 Å². The van der Waals surface area contributed by atoms with Crippen molar-refractivity contribution < 1.29 is 9.59 Å². The zero-order chi connectivity index (χ0) is 20.0. The molecule has 0 radical (unpaired) electrons. The number of hydrogen-bond donors (Lipinski definition) is 0. The number of likely N-dealkylation sites (tertiary alicyclic amines) is 1. The number of benzene rings is 1. The van der Waals surface area contributed by atoms with E-state index in [0.717, 1.165) is 52.0 Å². The quantitative estimate of drug-likeness (QED) is 0.423. The molecule has 2 aliphatic heterocycles. The maximum Gasteiger partial charge on any atom is 0.233 e. The average Bonchev–Trinajstić information content (AvgIpc) is 3.41. The molecule has 5 rings (SSSR count). The van der Waals surface area contributed by atoms with Crippen molar-refractivity contribution >= 4 is 17.5 Å². The smallest absolute Gasteiger partial charge is 0.233 e. The summed E-state index contributed by atoms with van der Waals surface area (Å²) in [5.41, 5.74) is 2.63. The summed E-state index contributed by atoms with van der Waals surface area (Å²) in [6.45, 7) is 8.08. The van der Waals surface area contributed by atoms with E-state index in [1.807, 2.05) is 0 Å². The summed E-state index contributed by atoms with van der Waals surface area (Å²) in [5, 5.41) is 0. The highest BCUT2D eigenvalue weighted by atomic mass is 16.2. The van der Waals surface area contributed by atoms with E-state index in [0.29, 0.717) is 18.4 Å². The Bertz CT molecular complexity index is 797. The normalized spacial score (nSPS) is 31.2. The second-order valence-corrected chi connectivity index (χ2v) is 9.20.